The van der Waals surface area contributed by atoms with Crippen LogP contribution in [0, 0.1) is 11.3 Å². The van der Waals surface area contributed by atoms with E-state index >= 15 is 0 Å². The lowest BCUT2D eigenvalue weighted by molar-refractivity contribution is 0.102. The quantitative estimate of drug-likeness (QED) is 0.680. The first-order valence-electron chi connectivity index (χ1n) is 10.4. The van der Waals surface area contributed by atoms with Gasteiger partial charge in [-0.15, -0.1) is 11.3 Å². The maximum absolute atomic E-state index is 12.9. The smallest absolute Gasteiger partial charge is 0.256 e. The van der Waals surface area contributed by atoms with Crippen molar-refractivity contribution in [2.24, 2.45) is 0 Å². The van der Waals surface area contributed by atoms with Crippen molar-refractivity contribution in [3.63, 3.8) is 0 Å². The van der Waals surface area contributed by atoms with Gasteiger partial charge in [0.2, 0.25) is 10.0 Å². The van der Waals surface area contributed by atoms with Crippen LogP contribution in [0.25, 0.3) is 0 Å². The van der Waals surface area contributed by atoms with Crippen LogP contribution >= 0.6 is 11.3 Å². The van der Waals surface area contributed by atoms with Gasteiger partial charge in [0.15, 0.2) is 0 Å². The van der Waals surface area contributed by atoms with Gasteiger partial charge in [0.25, 0.3) is 5.91 Å². The molecule has 172 valence electrons. The second-order valence-corrected chi connectivity index (χ2v) is 12.6. The van der Waals surface area contributed by atoms with Crippen molar-refractivity contribution >= 4 is 32.3 Å². The minimum atomic E-state index is -3.62. The van der Waals surface area contributed by atoms with Gasteiger partial charge in [-0.05, 0) is 77.8 Å². The Bertz CT molecular complexity index is 1190. The molecule has 0 bridgehead atoms. The van der Waals surface area contributed by atoms with Gasteiger partial charge in [-0.25, -0.2) is 8.42 Å². The Kier molecular flexibility index (Phi) is 6.30. The molecule has 0 spiro atoms. The number of nitriles is 1. The van der Waals surface area contributed by atoms with Crippen LogP contribution in [-0.4, -0.2) is 37.3 Å². The van der Waals surface area contributed by atoms with E-state index in [0.29, 0.717) is 22.5 Å². The molecule has 32 heavy (non-hydrogen) atoms. The zero-order chi connectivity index (χ0) is 24.1. The molecule has 7 nitrogen and oxygen atoms in total. The SMILES string of the molecule is CC(C)N(C)S(=O)(=O)c1ccc(C(=O)Nc2sc3c(c2C#N)CC(C)(C)NC3(C)C)cc1. The third kappa shape index (κ3) is 4.46. The molecule has 1 aromatic heterocycles. The van der Waals surface area contributed by atoms with Gasteiger partial charge in [-0.1, -0.05) is 0 Å². The summed E-state index contributed by atoms with van der Waals surface area (Å²) >= 11 is 1.41. The fraction of sp³-hybridized carbons (Fsp3) is 0.478. The molecule has 0 fully saturated rings. The number of thiophene rings is 1. The van der Waals surface area contributed by atoms with Gasteiger partial charge in [-0.3, -0.25) is 4.79 Å². The second kappa shape index (κ2) is 8.27. The number of hydrogen-bond acceptors (Lipinski definition) is 6. The highest BCUT2D eigenvalue weighted by molar-refractivity contribution is 7.89. The van der Waals surface area contributed by atoms with E-state index < -0.39 is 10.0 Å². The Hall–Kier alpha value is -2.25. The molecule has 1 aromatic carbocycles. The van der Waals surface area contributed by atoms with Crippen LogP contribution in [-0.2, 0) is 22.0 Å². The van der Waals surface area contributed by atoms with E-state index in [0.717, 1.165) is 10.4 Å². The van der Waals surface area contributed by atoms with Crippen molar-refractivity contribution in [3.05, 3.63) is 45.8 Å². The monoisotopic (exact) mass is 474 g/mol. The molecule has 1 amide bonds. The average Bonchev–Trinajstić information content (AvgIpc) is 3.03. The van der Waals surface area contributed by atoms with Crippen LogP contribution in [0.2, 0.25) is 0 Å². The Morgan fingerprint density at radius 1 is 1.22 bits per heavy atom. The Balaban J connectivity index is 1.89. The molecule has 0 saturated carbocycles. The minimum absolute atomic E-state index is 0.129. The first-order valence-corrected chi connectivity index (χ1v) is 12.7. The minimum Gasteiger partial charge on any atom is -0.312 e. The maximum Gasteiger partial charge on any atom is 0.256 e. The summed E-state index contributed by atoms with van der Waals surface area (Å²) in [4.78, 5) is 14.1. The summed E-state index contributed by atoms with van der Waals surface area (Å²) in [6.45, 7) is 11.9. The number of nitrogens with one attached hydrogen (secondary N) is 2. The molecule has 0 atom stereocenters. The van der Waals surface area contributed by atoms with Gasteiger partial charge in [0, 0.05) is 34.6 Å². The zero-order valence-corrected chi connectivity index (χ0v) is 21.2. The number of carbonyl (C=O) groups is 1. The van der Waals surface area contributed by atoms with Crippen LogP contribution in [0.3, 0.4) is 0 Å². The van der Waals surface area contributed by atoms with E-state index in [4.69, 9.17) is 0 Å². The van der Waals surface area contributed by atoms with E-state index in [1.807, 2.05) is 0 Å². The summed E-state index contributed by atoms with van der Waals surface area (Å²) in [7, 11) is -2.09. The molecule has 1 aliphatic rings. The molecule has 0 radical (unpaired) electrons. The first-order chi connectivity index (χ1) is 14.7. The Morgan fingerprint density at radius 3 is 2.34 bits per heavy atom. The van der Waals surface area contributed by atoms with Gasteiger partial charge < -0.3 is 10.6 Å². The standard InChI is InChI=1S/C23H30N4O3S2/c1-14(2)27(7)32(29,30)16-10-8-15(9-11-16)20(28)25-21-18(13-24)17-12-22(3,4)26-23(5,6)19(17)31-21/h8-11,14,26H,12H2,1-7H3,(H,25,28). The number of fused-ring (bicyclic) bond motifs is 1. The number of rotatable bonds is 5. The number of benzene rings is 1. The largest absolute Gasteiger partial charge is 0.312 e. The Morgan fingerprint density at radius 2 is 1.81 bits per heavy atom. The molecular formula is C23H30N4O3S2. The predicted molar refractivity (Wildman–Crippen MR) is 127 cm³/mol. The third-order valence-corrected chi connectivity index (χ3v) is 9.22. The van der Waals surface area contributed by atoms with Crippen molar-refractivity contribution in [2.45, 2.75) is 70.0 Å². The number of nitrogens with zero attached hydrogens (tertiary/aromatic N) is 2. The molecule has 2 heterocycles. The summed E-state index contributed by atoms with van der Waals surface area (Å²) in [6, 6.07) is 7.94. The van der Waals surface area contributed by atoms with Crippen molar-refractivity contribution in [2.75, 3.05) is 12.4 Å². The van der Waals surface area contributed by atoms with Crippen molar-refractivity contribution in [1.82, 2.24) is 9.62 Å². The van der Waals surface area contributed by atoms with E-state index in [2.05, 4.69) is 44.4 Å². The van der Waals surface area contributed by atoms with Gasteiger partial charge >= 0.3 is 0 Å². The fourth-order valence-corrected chi connectivity index (χ4v) is 6.72. The van der Waals surface area contributed by atoms with Crippen LogP contribution in [0.5, 0.6) is 0 Å². The maximum atomic E-state index is 12.9. The highest BCUT2D eigenvalue weighted by Crippen LogP contribution is 2.44. The summed E-state index contributed by atoms with van der Waals surface area (Å²) in [5.41, 5.74) is 1.30. The van der Waals surface area contributed by atoms with Crippen LogP contribution in [0.4, 0.5) is 5.00 Å². The van der Waals surface area contributed by atoms with Crippen LogP contribution < -0.4 is 10.6 Å². The average molecular weight is 475 g/mol. The highest BCUT2D eigenvalue weighted by Gasteiger charge is 2.40. The molecule has 2 N–H and O–H groups in total. The topological polar surface area (TPSA) is 102 Å². The summed E-state index contributed by atoms with van der Waals surface area (Å²) in [6.07, 6.45) is 0.691. The zero-order valence-electron chi connectivity index (χ0n) is 19.5. The molecular weight excluding hydrogens is 444 g/mol. The number of carbonyl (C=O) groups excluding carboxylic acids is 1. The van der Waals surface area contributed by atoms with Gasteiger partial charge in [0.05, 0.1) is 10.5 Å². The van der Waals surface area contributed by atoms with E-state index in [1.54, 1.807) is 13.8 Å². The summed E-state index contributed by atoms with van der Waals surface area (Å²) < 4.78 is 26.6. The van der Waals surface area contributed by atoms with E-state index in [9.17, 15) is 18.5 Å². The molecule has 0 saturated heterocycles. The lowest BCUT2D eigenvalue weighted by Gasteiger charge is -2.42. The van der Waals surface area contributed by atoms with Crippen LogP contribution in [0.1, 0.15) is 67.9 Å². The lowest BCUT2D eigenvalue weighted by Crippen LogP contribution is -2.54. The molecule has 2 aromatic rings. The number of sulfonamides is 1. The van der Waals surface area contributed by atoms with Crippen LogP contribution in [0.15, 0.2) is 29.2 Å². The highest BCUT2D eigenvalue weighted by atomic mass is 32.2. The van der Waals surface area contributed by atoms with Gasteiger partial charge in [-0.2, -0.15) is 9.57 Å². The molecule has 9 heteroatoms. The second-order valence-electron chi connectivity index (χ2n) is 9.63. The van der Waals surface area contributed by atoms with E-state index in [1.165, 1.54) is 47.0 Å². The summed E-state index contributed by atoms with van der Waals surface area (Å²) in [5.74, 6) is -0.383. The van der Waals surface area contributed by atoms with Crippen molar-refractivity contribution < 1.29 is 13.2 Å². The number of amides is 1. The lowest BCUT2D eigenvalue weighted by atomic mass is 9.81. The normalized spacial score (nSPS) is 17.1. The Labute approximate surface area is 194 Å². The van der Waals surface area contributed by atoms with Gasteiger partial charge in [0.1, 0.15) is 11.1 Å². The summed E-state index contributed by atoms with van der Waals surface area (Å²) in [5, 5.41) is 16.8. The number of anilines is 1. The van der Waals surface area contributed by atoms with Crippen molar-refractivity contribution in [1.29, 1.82) is 5.26 Å². The number of hydrogen-bond donors (Lipinski definition) is 2. The first kappa shape index (κ1) is 24.4. The fourth-order valence-electron chi connectivity index (χ4n) is 4.13. The van der Waals surface area contributed by atoms with E-state index in [-0.39, 0.29) is 27.9 Å². The third-order valence-electron chi connectivity index (χ3n) is 5.70. The van der Waals surface area contributed by atoms with Crippen molar-refractivity contribution in [3.8, 4) is 6.07 Å². The molecule has 0 aliphatic carbocycles. The predicted octanol–water partition coefficient (Wildman–Crippen LogP) is 4.06. The molecule has 0 unspecified atom stereocenters. The molecule has 3 rings (SSSR count). The molecule has 1 aliphatic heterocycles.